The van der Waals surface area contributed by atoms with Gasteiger partial charge in [-0.1, -0.05) is 12.1 Å². The van der Waals surface area contributed by atoms with Crippen molar-refractivity contribution in [1.82, 2.24) is 15.1 Å². The molecule has 3 heterocycles. The van der Waals surface area contributed by atoms with Gasteiger partial charge >= 0.3 is 0 Å². The number of carbonyl (C=O) groups excluding carboxylic acids is 1. The van der Waals surface area contributed by atoms with Crippen molar-refractivity contribution in [3.05, 3.63) is 36.0 Å². The molecule has 1 fully saturated rings. The first-order valence-electron chi connectivity index (χ1n) is 7.79. The van der Waals surface area contributed by atoms with E-state index in [1.54, 1.807) is 17.9 Å². The lowest BCUT2D eigenvalue weighted by molar-refractivity contribution is -0.151. The summed E-state index contributed by atoms with van der Waals surface area (Å²) in [4.78, 5) is 14.6. The van der Waals surface area contributed by atoms with E-state index in [0.717, 1.165) is 0 Å². The number of aromatic nitrogens is 2. The zero-order chi connectivity index (χ0) is 16.5. The summed E-state index contributed by atoms with van der Waals surface area (Å²) in [6.07, 6.45) is -0.704. The smallest absolute Gasteiger partial charge is 0.268 e. The number of hydrogen-bond acceptors (Lipinski definition) is 7. The lowest BCUT2D eigenvalue weighted by Gasteiger charge is -2.36. The third kappa shape index (κ3) is 2.69. The zero-order valence-corrected chi connectivity index (χ0v) is 13.2. The molecule has 0 spiro atoms. The largest absolute Gasteiger partial charge is 0.485 e. The third-order valence-electron chi connectivity index (χ3n) is 4.02. The number of carbonyl (C=O) groups is 1. The Morgan fingerprint density at radius 2 is 2.04 bits per heavy atom. The number of rotatable bonds is 2. The second-order valence-electron chi connectivity index (χ2n) is 5.65. The van der Waals surface area contributed by atoms with Gasteiger partial charge in [0.2, 0.25) is 17.9 Å². The molecule has 2 aliphatic heterocycles. The number of ether oxygens (including phenoxy) is 3. The number of morpholine rings is 1. The third-order valence-corrected chi connectivity index (χ3v) is 4.02. The van der Waals surface area contributed by atoms with Crippen LogP contribution < -0.4 is 9.47 Å². The van der Waals surface area contributed by atoms with E-state index in [2.05, 4.69) is 10.2 Å². The fraction of sp³-hybridized carbons (Fsp3) is 0.438. The molecule has 0 N–H and O–H groups in total. The highest BCUT2D eigenvalue weighted by Gasteiger charge is 2.38. The van der Waals surface area contributed by atoms with Crippen LogP contribution in [0.2, 0.25) is 0 Å². The maximum Gasteiger partial charge on any atom is 0.268 e. The molecule has 2 atom stereocenters. The maximum absolute atomic E-state index is 12.9. The molecule has 4 rings (SSSR count). The van der Waals surface area contributed by atoms with Gasteiger partial charge in [0.25, 0.3) is 5.91 Å². The molecule has 1 amide bonds. The van der Waals surface area contributed by atoms with Gasteiger partial charge < -0.3 is 23.5 Å². The molecule has 24 heavy (non-hydrogen) atoms. The number of fused-ring (bicyclic) bond motifs is 1. The van der Waals surface area contributed by atoms with Crippen LogP contribution in [0.25, 0.3) is 0 Å². The number of aryl methyl sites for hydroxylation is 1. The van der Waals surface area contributed by atoms with Crippen LogP contribution in [0.15, 0.2) is 28.7 Å². The van der Waals surface area contributed by atoms with Gasteiger partial charge in [0, 0.05) is 13.5 Å². The van der Waals surface area contributed by atoms with E-state index in [1.165, 1.54) is 0 Å². The minimum Gasteiger partial charge on any atom is -0.485 e. The summed E-state index contributed by atoms with van der Waals surface area (Å²) in [5.41, 5.74) is 0. The highest BCUT2D eigenvalue weighted by Crippen LogP contribution is 2.32. The lowest BCUT2D eigenvalue weighted by atomic mass is 10.1. The van der Waals surface area contributed by atoms with E-state index in [1.807, 2.05) is 18.2 Å². The maximum atomic E-state index is 12.9. The van der Waals surface area contributed by atoms with Gasteiger partial charge in [-0.3, -0.25) is 4.79 Å². The van der Waals surface area contributed by atoms with Crippen molar-refractivity contribution in [2.45, 2.75) is 19.1 Å². The first-order valence-corrected chi connectivity index (χ1v) is 7.79. The Labute approximate surface area is 138 Å². The van der Waals surface area contributed by atoms with Gasteiger partial charge in [0.15, 0.2) is 11.5 Å². The average molecular weight is 331 g/mol. The molecular weight excluding hydrogens is 314 g/mol. The van der Waals surface area contributed by atoms with Crippen molar-refractivity contribution >= 4 is 5.91 Å². The number of benzene rings is 1. The Morgan fingerprint density at radius 1 is 1.21 bits per heavy atom. The molecule has 0 bridgehead atoms. The molecule has 0 aliphatic carbocycles. The summed E-state index contributed by atoms with van der Waals surface area (Å²) in [5.74, 6) is 1.87. The number of hydrogen-bond donors (Lipinski definition) is 0. The molecular formula is C16H17N3O5. The van der Waals surface area contributed by atoms with Gasteiger partial charge in [-0.15, -0.1) is 10.2 Å². The first-order chi connectivity index (χ1) is 11.7. The van der Waals surface area contributed by atoms with Crippen molar-refractivity contribution in [2.75, 3.05) is 26.4 Å². The second-order valence-corrected chi connectivity index (χ2v) is 5.65. The molecule has 1 aromatic carbocycles. The lowest BCUT2D eigenvalue weighted by Crippen LogP contribution is -2.51. The molecule has 1 saturated heterocycles. The number of amides is 1. The van der Waals surface area contributed by atoms with E-state index in [4.69, 9.17) is 18.6 Å². The summed E-state index contributed by atoms with van der Waals surface area (Å²) in [6.45, 7) is 3.09. The minimum absolute atomic E-state index is 0.169. The Hall–Kier alpha value is -2.61. The van der Waals surface area contributed by atoms with Crippen LogP contribution in [0.1, 0.15) is 17.8 Å². The van der Waals surface area contributed by atoms with Gasteiger partial charge in [0.05, 0.1) is 13.2 Å². The van der Waals surface area contributed by atoms with Gasteiger partial charge in [-0.05, 0) is 12.1 Å². The van der Waals surface area contributed by atoms with Gasteiger partial charge in [-0.25, -0.2) is 0 Å². The Bertz CT molecular complexity index is 747. The molecule has 0 unspecified atom stereocenters. The monoisotopic (exact) mass is 331 g/mol. The first kappa shape index (κ1) is 14.9. The van der Waals surface area contributed by atoms with Crippen LogP contribution in [0.5, 0.6) is 11.5 Å². The number of para-hydroxylation sites is 2. The molecule has 8 heteroatoms. The minimum atomic E-state index is -0.704. The van der Waals surface area contributed by atoms with E-state index in [0.29, 0.717) is 43.0 Å². The Morgan fingerprint density at radius 3 is 2.83 bits per heavy atom. The normalized spacial score (nSPS) is 23.1. The van der Waals surface area contributed by atoms with E-state index >= 15 is 0 Å². The molecule has 0 radical (unpaired) electrons. The van der Waals surface area contributed by atoms with E-state index < -0.39 is 12.1 Å². The molecule has 8 nitrogen and oxygen atoms in total. The summed E-state index contributed by atoms with van der Waals surface area (Å²) in [6, 6.07) is 6.89. The fourth-order valence-corrected chi connectivity index (χ4v) is 2.84. The Balaban J connectivity index is 1.54. The highest BCUT2D eigenvalue weighted by molar-refractivity contribution is 5.82. The fourth-order valence-electron chi connectivity index (χ4n) is 2.84. The summed E-state index contributed by atoms with van der Waals surface area (Å²) in [7, 11) is 0. The van der Waals surface area contributed by atoms with Crippen LogP contribution in [-0.2, 0) is 9.53 Å². The van der Waals surface area contributed by atoms with Gasteiger partial charge in [0.1, 0.15) is 12.6 Å². The van der Waals surface area contributed by atoms with Crippen molar-refractivity contribution in [3.8, 4) is 11.5 Å². The van der Waals surface area contributed by atoms with Crippen LogP contribution in [0, 0.1) is 6.92 Å². The van der Waals surface area contributed by atoms with Crippen LogP contribution in [0.4, 0.5) is 0 Å². The second kappa shape index (κ2) is 6.12. The highest BCUT2D eigenvalue weighted by atomic mass is 16.6. The predicted molar refractivity (Wildman–Crippen MR) is 80.7 cm³/mol. The van der Waals surface area contributed by atoms with Crippen LogP contribution >= 0.6 is 0 Å². The molecule has 0 saturated carbocycles. The predicted octanol–water partition coefficient (Wildman–Crippen LogP) is 1.12. The quantitative estimate of drug-likeness (QED) is 0.815. The van der Waals surface area contributed by atoms with Crippen LogP contribution in [0.3, 0.4) is 0 Å². The average Bonchev–Trinajstić information content (AvgIpc) is 3.07. The van der Waals surface area contributed by atoms with Gasteiger partial charge in [-0.2, -0.15) is 0 Å². The molecule has 2 aromatic rings. The SMILES string of the molecule is Cc1nnc([C@H]2COCCN2C(=O)[C@H]2COc3ccccc3O2)o1. The number of nitrogens with zero attached hydrogens (tertiary/aromatic N) is 3. The molecule has 126 valence electrons. The zero-order valence-electron chi connectivity index (χ0n) is 13.2. The summed E-state index contributed by atoms with van der Waals surface area (Å²) in [5, 5.41) is 7.85. The summed E-state index contributed by atoms with van der Waals surface area (Å²) < 4.78 is 22.4. The Kier molecular flexibility index (Phi) is 3.81. The van der Waals surface area contributed by atoms with E-state index in [9.17, 15) is 4.79 Å². The van der Waals surface area contributed by atoms with Crippen LogP contribution in [-0.4, -0.2) is 53.5 Å². The topological polar surface area (TPSA) is 86.9 Å². The van der Waals surface area contributed by atoms with Crippen molar-refractivity contribution in [1.29, 1.82) is 0 Å². The van der Waals surface area contributed by atoms with Crippen molar-refractivity contribution in [2.24, 2.45) is 0 Å². The summed E-state index contributed by atoms with van der Waals surface area (Å²) >= 11 is 0. The van der Waals surface area contributed by atoms with E-state index in [-0.39, 0.29) is 12.5 Å². The molecule has 2 aliphatic rings. The molecule has 1 aromatic heterocycles. The van der Waals surface area contributed by atoms with Crippen molar-refractivity contribution in [3.63, 3.8) is 0 Å². The van der Waals surface area contributed by atoms with Crippen molar-refractivity contribution < 1.29 is 23.4 Å². The standard InChI is InChI=1S/C16H17N3O5/c1-10-17-18-15(23-10)11-8-21-7-6-19(11)16(20)14-9-22-12-4-2-3-5-13(12)24-14/h2-5,11,14H,6-9H2,1H3/t11-,14-/m1/s1.